The molecule has 9 nitrogen and oxygen atoms in total. The number of esters is 2. The molecule has 1 aromatic heterocycles. The maximum absolute atomic E-state index is 12.4. The van der Waals surface area contributed by atoms with Gasteiger partial charge in [0.1, 0.15) is 0 Å². The summed E-state index contributed by atoms with van der Waals surface area (Å²) in [6, 6.07) is 13.6. The second kappa shape index (κ2) is 10.8. The standard InChI is InChI=1S/C29H30ClN5O4/c30-23-8-7-22-21(11-13-31-17-29(22)38-25(36)9-10-26(37)39-29)27(23)33-15-19-3-5-20(6-4-19)24-12-14-32-28(35-24)34-16-18-1-2-18/h3-8,12,14,18,31,33H,1-2,9-11,13,15-17H2,(H,32,34,35). The number of hydrogen-bond acceptors (Lipinski definition) is 9. The predicted octanol–water partition coefficient (Wildman–Crippen LogP) is 4.41. The molecule has 0 radical (unpaired) electrons. The van der Waals surface area contributed by atoms with Crippen LogP contribution in [0.2, 0.25) is 5.02 Å². The fourth-order valence-corrected chi connectivity index (χ4v) is 5.26. The van der Waals surface area contributed by atoms with E-state index in [2.05, 4.69) is 38.1 Å². The number of anilines is 2. The van der Waals surface area contributed by atoms with Gasteiger partial charge in [-0.3, -0.25) is 9.59 Å². The monoisotopic (exact) mass is 547 g/mol. The Balaban J connectivity index is 1.21. The molecule has 3 aromatic rings. The third-order valence-electron chi connectivity index (χ3n) is 7.29. The molecule has 3 heterocycles. The molecular weight excluding hydrogens is 518 g/mol. The van der Waals surface area contributed by atoms with E-state index < -0.39 is 17.7 Å². The summed E-state index contributed by atoms with van der Waals surface area (Å²) < 4.78 is 11.5. The van der Waals surface area contributed by atoms with Crippen molar-refractivity contribution in [3.8, 4) is 11.3 Å². The lowest BCUT2D eigenvalue weighted by Crippen LogP contribution is -2.43. The number of carbonyl (C=O) groups is 2. The van der Waals surface area contributed by atoms with Gasteiger partial charge in [-0.25, -0.2) is 9.97 Å². The maximum atomic E-state index is 12.4. The van der Waals surface area contributed by atoms with E-state index in [-0.39, 0.29) is 19.4 Å². The zero-order chi connectivity index (χ0) is 26.8. The number of hydrogen-bond donors (Lipinski definition) is 3. The number of halogens is 1. The van der Waals surface area contributed by atoms with Crippen molar-refractivity contribution in [2.45, 2.75) is 44.4 Å². The topological polar surface area (TPSA) is 114 Å². The first-order valence-corrected chi connectivity index (χ1v) is 13.7. The van der Waals surface area contributed by atoms with E-state index in [0.717, 1.165) is 40.5 Å². The number of nitrogens with one attached hydrogen (secondary N) is 3. The highest BCUT2D eigenvalue weighted by Gasteiger charge is 2.46. The van der Waals surface area contributed by atoms with Gasteiger partial charge in [-0.1, -0.05) is 35.9 Å². The molecule has 0 amide bonds. The highest BCUT2D eigenvalue weighted by atomic mass is 35.5. The minimum atomic E-state index is -1.51. The molecule has 0 unspecified atom stereocenters. The number of carbonyl (C=O) groups excluding carboxylic acids is 2. The first-order chi connectivity index (χ1) is 19.0. The van der Waals surface area contributed by atoms with Crippen LogP contribution in [0.3, 0.4) is 0 Å². The lowest BCUT2D eigenvalue weighted by atomic mass is 9.96. The van der Waals surface area contributed by atoms with E-state index >= 15 is 0 Å². The number of benzene rings is 2. The van der Waals surface area contributed by atoms with Crippen LogP contribution in [0, 0.1) is 5.92 Å². The summed E-state index contributed by atoms with van der Waals surface area (Å²) in [5.74, 6) is -1.04. The SMILES string of the molecule is O=C1CCC(=O)OC2(CNCCc3c2ccc(Cl)c3NCc2ccc(-c3ccnc(NCC4CC4)n3)cc2)O1. The Morgan fingerprint density at radius 1 is 0.974 bits per heavy atom. The van der Waals surface area contributed by atoms with Crippen molar-refractivity contribution in [1.82, 2.24) is 15.3 Å². The van der Waals surface area contributed by atoms with Gasteiger partial charge in [0.2, 0.25) is 5.95 Å². The molecule has 3 aliphatic rings. The second-order valence-corrected chi connectivity index (χ2v) is 10.6. The van der Waals surface area contributed by atoms with Crippen LogP contribution in [-0.4, -0.2) is 41.5 Å². The summed E-state index contributed by atoms with van der Waals surface area (Å²) >= 11 is 6.65. The highest BCUT2D eigenvalue weighted by Crippen LogP contribution is 2.40. The van der Waals surface area contributed by atoms with E-state index in [0.29, 0.717) is 36.0 Å². The largest absolute Gasteiger partial charge is 0.416 e. The molecule has 6 rings (SSSR count). The summed E-state index contributed by atoms with van der Waals surface area (Å²) in [4.78, 5) is 33.7. The zero-order valence-corrected chi connectivity index (χ0v) is 22.2. The lowest BCUT2D eigenvalue weighted by Gasteiger charge is -2.32. The third kappa shape index (κ3) is 5.69. The van der Waals surface area contributed by atoms with Crippen molar-refractivity contribution in [1.29, 1.82) is 0 Å². The van der Waals surface area contributed by atoms with Crippen LogP contribution >= 0.6 is 11.6 Å². The van der Waals surface area contributed by atoms with Crippen LogP contribution in [0.15, 0.2) is 48.7 Å². The number of ether oxygens (including phenoxy) is 2. The van der Waals surface area contributed by atoms with Gasteiger partial charge in [-0.2, -0.15) is 0 Å². The molecule has 1 spiro atoms. The Morgan fingerprint density at radius 2 is 1.74 bits per heavy atom. The molecule has 0 atom stereocenters. The highest BCUT2D eigenvalue weighted by molar-refractivity contribution is 6.33. The number of rotatable bonds is 7. The number of nitrogens with zero attached hydrogens (tertiary/aromatic N) is 2. The molecule has 1 aliphatic carbocycles. The molecule has 2 aliphatic heterocycles. The van der Waals surface area contributed by atoms with Crippen molar-refractivity contribution >= 4 is 35.2 Å². The molecule has 2 aromatic carbocycles. The van der Waals surface area contributed by atoms with Gasteiger partial charge in [-0.15, -0.1) is 0 Å². The third-order valence-corrected chi connectivity index (χ3v) is 7.61. The van der Waals surface area contributed by atoms with Crippen molar-refractivity contribution in [2.24, 2.45) is 5.92 Å². The molecule has 10 heteroatoms. The fourth-order valence-electron chi connectivity index (χ4n) is 5.01. The van der Waals surface area contributed by atoms with Crippen LogP contribution < -0.4 is 16.0 Å². The normalized spacial score (nSPS) is 18.4. The van der Waals surface area contributed by atoms with Crippen LogP contribution in [0.25, 0.3) is 11.3 Å². The van der Waals surface area contributed by atoms with Crippen LogP contribution in [0.5, 0.6) is 0 Å². The minimum Gasteiger partial charge on any atom is -0.416 e. The van der Waals surface area contributed by atoms with Crippen molar-refractivity contribution < 1.29 is 19.1 Å². The van der Waals surface area contributed by atoms with Crippen LogP contribution in [0.4, 0.5) is 11.6 Å². The molecule has 0 bridgehead atoms. The maximum Gasteiger partial charge on any atom is 0.309 e. The van der Waals surface area contributed by atoms with E-state index in [9.17, 15) is 9.59 Å². The second-order valence-electron chi connectivity index (χ2n) is 10.2. The van der Waals surface area contributed by atoms with E-state index in [4.69, 9.17) is 21.1 Å². The number of aromatic nitrogens is 2. The van der Waals surface area contributed by atoms with Crippen molar-refractivity contribution in [3.05, 3.63) is 70.4 Å². The minimum absolute atomic E-state index is 0.00207. The quantitative estimate of drug-likeness (QED) is 0.370. The van der Waals surface area contributed by atoms with Crippen LogP contribution in [-0.2, 0) is 37.8 Å². The smallest absolute Gasteiger partial charge is 0.309 e. The summed E-state index contributed by atoms with van der Waals surface area (Å²) in [5.41, 5.74) is 5.16. The molecular formula is C29H30ClN5O4. The van der Waals surface area contributed by atoms with Crippen LogP contribution in [0.1, 0.15) is 42.4 Å². The Bertz CT molecular complexity index is 1370. The van der Waals surface area contributed by atoms with E-state index in [1.165, 1.54) is 12.8 Å². The summed E-state index contributed by atoms with van der Waals surface area (Å²) in [5, 5.41) is 10.6. The zero-order valence-electron chi connectivity index (χ0n) is 21.5. The first-order valence-electron chi connectivity index (χ1n) is 13.4. The van der Waals surface area contributed by atoms with E-state index in [1.807, 2.05) is 18.2 Å². The average molecular weight is 548 g/mol. The fraction of sp³-hybridized carbons (Fsp3) is 0.379. The molecule has 3 N–H and O–H groups in total. The molecule has 2 fully saturated rings. The molecule has 1 saturated carbocycles. The van der Waals surface area contributed by atoms with Gasteiger partial charge >= 0.3 is 11.9 Å². The first kappa shape index (κ1) is 25.6. The van der Waals surface area contributed by atoms with Gasteiger partial charge in [0.15, 0.2) is 0 Å². The van der Waals surface area contributed by atoms with Gasteiger partial charge in [-0.05, 0) is 61.1 Å². The van der Waals surface area contributed by atoms with Crippen molar-refractivity contribution in [3.63, 3.8) is 0 Å². The molecule has 202 valence electrons. The summed E-state index contributed by atoms with van der Waals surface area (Å²) in [6.45, 7) is 2.24. The Morgan fingerprint density at radius 3 is 2.49 bits per heavy atom. The predicted molar refractivity (Wildman–Crippen MR) is 147 cm³/mol. The molecule has 39 heavy (non-hydrogen) atoms. The van der Waals surface area contributed by atoms with Gasteiger partial charge in [0.25, 0.3) is 5.79 Å². The average Bonchev–Trinajstić information content (AvgIpc) is 3.79. The number of fused-ring (bicyclic) bond motifs is 2. The Kier molecular flexibility index (Phi) is 7.10. The molecule has 1 saturated heterocycles. The Hall–Kier alpha value is -3.69. The Labute approximate surface area is 231 Å². The summed E-state index contributed by atoms with van der Waals surface area (Å²) in [7, 11) is 0. The summed E-state index contributed by atoms with van der Waals surface area (Å²) in [6.07, 6.45) is 4.95. The van der Waals surface area contributed by atoms with Crippen molar-refractivity contribution in [2.75, 3.05) is 30.3 Å². The lowest BCUT2D eigenvalue weighted by molar-refractivity contribution is -0.225. The van der Waals surface area contributed by atoms with Gasteiger partial charge < -0.3 is 25.4 Å². The van der Waals surface area contributed by atoms with Gasteiger partial charge in [0.05, 0.1) is 35.8 Å². The van der Waals surface area contributed by atoms with Gasteiger partial charge in [0, 0.05) is 30.4 Å². The van der Waals surface area contributed by atoms with E-state index in [1.54, 1.807) is 18.3 Å².